The fourth-order valence-electron chi connectivity index (χ4n) is 4.04. The van der Waals surface area contributed by atoms with Gasteiger partial charge in [-0.2, -0.15) is 0 Å². The van der Waals surface area contributed by atoms with Crippen LogP contribution in [0.5, 0.6) is 0 Å². The number of piperidine rings is 1. The Morgan fingerprint density at radius 3 is 2.76 bits per heavy atom. The predicted molar refractivity (Wildman–Crippen MR) is 126 cm³/mol. The van der Waals surface area contributed by atoms with E-state index in [4.69, 9.17) is 0 Å². The number of Topliss-reactive ketones (excluding diaryl/α,β-unsaturated/α-hetero) is 1. The Morgan fingerprint density at radius 1 is 1.12 bits per heavy atom. The Kier molecular flexibility index (Phi) is 6.15. The largest absolute Gasteiger partial charge is 0.341 e. The fraction of sp³-hybridized carbons (Fsp3) is 0.292. The number of hydrogen-bond acceptors (Lipinski definition) is 8. The molecule has 2 saturated heterocycles. The highest BCUT2D eigenvalue weighted by Crippen LogP contribution is 2.30. The minimum absolute atomic E-state index is 0.0395. The van der Waals surface area contributed by atoms with Crippen molar-refractivity contribution in [3.63, 3.8) is 0 Å². The number of pyridine rings is 1. The maximum absolute atomic E-state index is 13.3. The molecule has 4 heterocycles. The monoisotopic (exact) mass is 463 g/mol. The van der Waals surface area contributed by atoms with Gasteiger partial charge in [-0.25, -0.2) is 14.4 Å². The van der Waals surface area contributed by atoms with Crippen LogP contribution in [-0.4, -0.2) is 45.0 Å². The molecule has 1 aromatic carbocycles. The third kappa shape index (κ3) is 5.09. The smallest absolute Gasteiger partial charge is 0.225 e. The molecule has 33 heavy (non-hydrogen) atoms. The summed E-state index contributed by atoms with van der Waals surface area (Å²) in [5.41, 5.74) is 2.35. The van der Waals surface area contributed by atoms with E-state index in [0.717, 1.165) is 54.3 Å². The number of fused-ring (bicyclic) bond motifs is 1. The van der Waals surface area contributed by atoms with E-state index in [1.165, 1.54) is 12.1 Å². The number of halogens is 1. The van der Waals surface area contributed by atoms with Gasteiger partial charge in [0.1, 0.15) is 5.82 Å². The molecule has 1 N–H and O–H groups in total. The van der Waals surface area contributed by atoms with Gasteiger partial charge in [0.2, 0.25) is 11.1 Å². The number of anilines is 1. The van der Waals surface area contributed by atoms with Crippen LogP contribution in [-0.2, 0) is 16.1 Å². The summed E-state index contributed by atoms with van der Waals surface area (Å²) in [5, 5.41) is 4.25. The van der Waals surface area contributed by atoms with Gasteiger partial charge < -0.3 is 10.2 Å². The number of carbonyl (C=O) groups is 2. The molecule has 0 unspecified atom stereocenters. The molecule has 0 aliphatic carbocycles. The molecule has 9 heteroatoms. The van der Waals surface area contributed by atoms with Gasteiger partial charge in [-0.15, -0.1) is 0 Å². The standard InChI is InChI=1S/C24H22FN5O2S/c25-16-2-4-20-15(11-16)1-3-19(28-20)14-27-17-6-9-30(10-7-17)24-26-8-5-18(29-24)12-22-21(31)13-23(32)33-22/h1-5,8,11-12,17,27H,6-7,9-10,13-14H2/b22-12-. The average Bonchev–Trinajstić information content (AvgIpc) is 3.14. The minimum Gasteiger partial charge on any atom is -0.341 e. The lowest BCUT2D eigenvalue weighted by Gasteiger charge is -2.32. The molecule has 2 aromatic heterocycles. The summed E-state index contributed by atoms with van der Waals surface area (Å²) in [6.45, 7) is 2.28. The Hall–Kier alpha value is -3.17. The van der Waals surface area contributed by atoms with Crippen LogP contribution in [0.3, 0.4) is 0 Å². The van der Waals surface area contributed by atoms with E-state index >= 15 is 0 Å². The number of ketones is 1. The number of rotatable bonds is 5. The number of benzene rings is 1. The molecule has 0 amide bonds. The molecule has 0 atom stereocenters. The Morgan fingerprint density at radius 2 is 1.97 bits per heavy atom. The highest BCUT2D eigenvalue weighted by molar-refractivity contribution is 8.18. The van der Waals surface area contributed by atoms with E-state index < -0.39 is 0 Å². The molecule has 5 rings (SSSR count). The van der Waals surface area contributed by atoms with Crippen molar-refractivity contribution < 1.29 is 14.0 Å². The first kappa shape index (κ1) is 21.7. The van der Waals surface area contributed by atoms with Crippen LogP contribution >= 0.6 is 11.8 Å². The van der Waals surface area contributed by atoms with Crippen LogP contribution in [0.25, 0.3) is 17.0 Å². The van der Waals surface area contributed by atoms with Gasteiger partial charge in [-0.1, -0.05) is 6.07 Å². The molecule has 0 bridgehead atoms. The zero-order valence-corrected chi connectivity index (χ0v) is 18.6. The predicted octanol–water partition coefficient (Wildman–Crippen LogP) is 3.50. The first-order valence-electron chi connectivity index (χ1n) is 10.9. The van der Waals surface area contributed by atoms with Crippen molar-refractivity contribution in [2.75, 3.05) is 18.0 Å². The van der Waals surface area contributed by atoms with E-state index in [-0.39, 0.29) is 23.1 Å². The Balaban J connectivity index is 1.17. The van der Waals surface area contributed by atoms with Crippen molar-refractivity contribution in [3.8, 4) is 0 Å². The second-order valence-electron chi connectivity index (χ2n) is 8.15. The zero-order chi connectivity index (χ0) is 22.8. The molecule has 2 fully saturated rings. The number of hydrogen-bond donors (Lipinski definition) is 1. The summed E-state index contributed by atoms with van der Waals surface area (Å²) >= 11 is 0.983. The number of nitrogens with one attached hydrogen (secondary N) is 1. The van der Waals surface area contributed by atoms with Crippen molar-refractivity contribution >= 4 is 45.6 Å². The molecular weight excluding hydrogens is 441 g/mol. The molecular formula is C24H22FN5O2S. The van der Waals surface area contributed by atoms with Gasteiger partial charge >= 0.3 is 0 Å². The lowest BCUT2D eigenvalue weighted by molar-refractivity contribution is -0.119. The summed E-state index contributed by atoms with van der Waals surface area (Å²) in [6.07, 6.45) is 5.19. The number of aromatic nitrogens is 3. The summed E-state index contributed by atoms with van der Waals surface area (Å²) in [7, 11) is 0. The summed E-state index contributed by atoms with van der Waals surface area (Å²) < 4.78 is 13.3. The van der Waals surface area contributed by atoms with Crippen LogP contribution in [0.1, 0.15) is 30.7 Å². The van der Waals surface area contributed by atoms with Crippen LogP contribution < -0.4 is 10.2 Å². The van der Waals surface area contributed by atoms with Gasteiger partial charge in [0, 0.05) is 37.3 Å². The number of nitrogens with zero attached hydrogens (tertiary/aromatic N) is 4. The fourth-order valence-corrected chi connectivity index (χ4v) is 4.86. The van der Waals surface area contributed by atoms with Gasteiger partial charge in [-0.05, 0) is 61.0 Å². The van der Waals surface area contributed by atoms with E-state index in [9.17, 15) is 14.0 Å². The zero-order valence-electron chi connectivity index (χ0n) is 17.8. The molecule has 168 valence electrons. The van der Waals surface area contributed by atoms with Crippen molar-refractivity contribution in [3.05, 3.63) is 64.7 Å². The van der Waals surface area contributed by atoms with Crippen molar-refractivity contribution in [1.82, 2.24) is 20.3 Å². The van der Waals surface area contributed by atoms with E-state index in [1.54, 1.807) is 24.4 Å². The topological polar surface area (TPSA) is 88.1 Å². The van der Waals surface area contributed by atoms with Gasteiger partial charge in [0.05, 0.1) is 28.2 Å². The van der Waals surface area contributed by atoms with Crippen LogP contribution in [0, 0.1) is 5.82 Å². The Labute approximate surface area is 194 Å². The van der Waals surface area contributed by atoms with Crippen molar-refractivity contribution in [1.29, 1.82) is 0 Å². The number of thioether (sulfide) groups is 1. The van der Waals surface area contributed by atoms with E-state index in [1.807, 2.05) is 12.1 Å². The quantitative estimate of drug-likeness (QED) is 0.454. The first-order chi connectivity index (χ1) is 16.0. The lowest BCUT2D eigenvalue weighted by Crippen LogP contribution is -2.43. The second kappa shape index (κ2) is 9.36. The van der Waals surface area contributed by atoms with Gasteiger partial charge in [-0.3, -0.25) is 14.6 Å². The number of allylic oxidation sites excluding steroid dienone is 1. The van der Waals surface area contributed by atoms with Crippen LogP contribution in [0.2, 0.25) is 0 Å². The summed E-state index contributed by atoms with van der Waals surface area (Å²) in [6, 6.07) is 10.6. The normalized spacial score (nSPS) is 18.6. The lowest BCUT2D eigenvalue weighted by atomic mass is 10.1. The van der Waals surface area contributed by atoms with Gasteiger partial charge in [0.25, 0.3) is 0 Å². The van der Waals surface area contributed by atoms with Crippen LogP contribution in [0.15, 0.2) is 47.5 Å². The SMILES string of the molecule is O=C1CC(=O)/C(=C/c2ccnc(N3CCC(NCc4ccc5cc(F)ccc5n4)CC3)n2)S1. The molecule has 0 radical (unpaired) electrons. The van der Waals surface area contributed by atoms with Crippen molar-refractivity contribution in [2.45, 2.75) is 31.8 Å². The van der Waals surface area contributed by atoms with E-state index in [0.29, 0.717) is 29.1 Å². The maximum Gasteiger partial charge on any atom is 0.225 e. The molecule has 2 aliphatic heterocycles. The third-order valence-corrected chi connectivity index (χ3v) is 6.74. The molecule has 3 aromatic rings. The molecule has 0 saturated carbocycles. The highest BCUT2D eigenvalue weighted by atomic mass is 32.2. The van der Waals surface area contributed by atoms with Gasteiger partial charge in [0.15, 0.2) is 5.78 Å². The van der Waals surface area contributed by atoms with Crippen LogP contribution in [0.4, 0.5) is 10.3 Å². The molecule has 7 nitrogen and oxygen atoms in total. The summed E-state index contributed by atoms with van der Waals surface area (Å²) in [4.78, 5) is 39.5. The average molecular weight is 464 g/mol. The first-order valence-corrected chi connectivity index (χ1v) is 11.7. The second-order valence-corrected chi connectivity index (χ2v) is 9.25. The van der Waals surface area contributed by atoms with E-state index in [2.05, 4.69) is 25.2 Å². The Bertz CT molecular complexity index is 1260. The molecule has 2 aliphatic rings. The minimum atomic E-state index is -0.255. The van der Waals surface area contributed by atoms with Crippen molar-refractivity contribution in [2.24, 2.45) is 0 Å². The molecule has 0 spiro atoms. The number of carbonyl (C=O) groups excluding carboxylic acids is 2. The third-order valence-electron chi connectivity index (χ3n) is 5.81. The maximum atomic E-state index is 13.3. The summed E-state index contributed by atoms with van der Waals surface area (Å²) in [5.74, 6) is 0.229. The highest BCUT2D eigenvalue weighted by Gasteiger charge is 2.26.